The number of phenolic OH excluding ortho intramolecular Hbond substituents is 1. The molecule has 2 heteroatoms. The second-order valence-electron chi connectivity index (χ2n) is 4.50. The quantitative estimate of drug-likeness (QED) is 0.739. The first kappa shape index (κ1) is 10.5. The van der Waals surface area contributed by atoms with E-state index in [9.17, 15) is 5.11 Å². The average Bonchev–Trinajstić information content (AvgIpc) is 2.25. The number of nitrogens with one attached hydrogen (secondary N) is 1. The van der Waals surface area contributed by atoms with Crippen LogP contribution in [0.4, 0.5) is 0 Å². The van der Waals surface area contributed by atoms with Gasteiger partial charge in [0.05, 0.1) is 0 Å². The van der Waals surface area contributed by atoms with Gasteiger partial charge in [0.1, 0.15) is 5.75 Å². The first-order valence-electron chi connectivity index (χ1n) is 5.72. The van der Waals surface area contributed by atoms with E-state index < -0.39 is 0 Å². The Hall–Kier alpha value is -1.02. The lowest BCUT2D eigenvalue weighted by Gasteiger charge is -2.25. The maximum Gasteiger partial charge on any atom is 0.120 e. The van der Waals surface area contributed by atoms with Gasteiger partial charge in [-0.05, 0) is 50.4 Å². The topological polar surface area (TPSA) is 32.3 Å². The average molecular weight is 205 g/mol. The maximum atomic E-state index is 9.93. The van der Waals surface area contributed by atoms with Crippen LogP contribution in [0.1, 0.15) is 42.0 Å². The predicted molar refractivity (Wildman–Crippen MR) is 62.2 cm³/mol. The van der Waals surface area contributed by atoms with Gasteiger partial charge >= 0.3 is 0 Å². The third kappa shape index (κ3) is 2.15. The Morgan fingerprint density at radius 1 is 1.20 bits per heavy atom. The molecule has 0 bridgehead atoms. The first-order valence-corrected chi connectivity index (χ1v) is 5.72. The molecule has 2 N–H and O–H groups in total. The normalized spacial score (nSPS) is 21.6. The highest BCUT2D eigenvalue weighted by Gasteiger charge is 2.18. The monoisotopic (exact) mass is 205 g/mol. The van der Waals surface area contributed by atoms with E-state index in [-0.39, 0.29) is 0 Å². The van der Waals surface area contributed by atoms with Gasteiger partial charge in [-0.1, -0.05) is 12.5 Å². The summed E-state index contributed by atoms with van der Waals surface area (Å²) in [7, 11) is 0. The third-order valence-electron chi connectivity index (χ3n) is 3.33. The molecule has 15 heavy (non-hydrogen) atoms. The molecule has 1 aliphatic rings. The van der Waals surface area contributed by atoms with Crippen LogP contribution < -0.4 is 5.32 Å². The van der Waals surface area contributed by atoms with Crippen LogP contribution in [0, 0.1) is 13.8 Å². The molecule has 0 amide bonds. The van der Waals surface area contributed by atoms with Gasteiger partial charge in [-0.25, -0.2) is 0 Å². The fraction of sp³-hybridized carbons (Fsp3) is 0.538. The summed E-state index contributed by atoms with van der Waals surface area (Å²) < 4.78 is 0. The summed E-state index contributed by atoms with van der Waals surface area (Å²) in [5, 5.41) is 13.4. The minimum absolute atomic E-state index is 0.345. The Morgan fingerprint density at radius 3 is 2.60 bits per heavy atom. The van der Waals surface area contributed by atoms with Gasteiger partial charge in [0.15, 0.2) is 0 Å². The Labute approximate surface area is 91.3 Å². The molecule has 2 rings (SSSR count). The number of benzene rings is 1. The third-order valence-corrected chi connectivity index (χ3v) is 3.33. The summed E-state index contributed by atoms with van der Waals surface area (Å²) in [6, 6.07) is 4.34. The van der Waals surface area contributed by atoms with Crippen LogP contribution in [0.5, 0.6) is 5.75 Å². The van der Waals surface area contributed by atoms with Gasteiger partial charge in [0, 0.05) is 11.6 Å². The molecule has 1 saturated heterocycles. The molecular weight excluding hydrogens is 186 g/mol. The Kier molecular flexibility index (Phi) is 2.96. The zero-order valence-corrected chi connectivity index (χ0v) is 9.51. The van der Waals surface area contributed by atoms with Crippen molar-refractivity contribution in [2.45, 2.75) is 39.2 Å². The fourth-order valence-electron chi connectivity index (χ4n) is 2.22. The highest BCUT2D eigenvalue weighted by atomic mass is 16.3. The Balaban J connectivity index is 2.30. The van der Waals surface area contributed by atoms with Crippen molar-refractivity contribution >= 4 is 0 Å². The van der Waals surface area contributed by atoms with Gasteiger partial charge in [0.25, 0.3) is 0 Å². The van der Waals surface area contributed by atoms with Crippen molar-refractivity contribution in [1.82, 2.24) is 5.32 Å². The van der Waals surface area contributed by atoms with Gasteiger partial charge in [-0.3, -0.25) is 0 Å². The lowest BCUT2D eigenvalue weighted by atomic mass is 9.94. The van der Waals surface area contributed by atoms with E-state index in [0.717, 1.165) is 24.1 Å². The molecule has 0 aliphatic carbocycles. The maximum absolute atomic E-state index is 9.93. The van der Waals surface area contributed by atoms with Crippen LogP contribution in [0.25, 0.3) is 0 Å². The van der Waals surface area contributed by atoms with E-state index in [1.807, 2.05) is 13.0 Å². The molecule has 0 saturated carbocycles. The summed E-state index contributed by atoms with van der Waals surface area (Å²) in [4.78, 5) is 0. The van der Waals surface area contributed by atoms with Crippen molar-refractivity contribution in [1.29, 1.82) is 0 Å². The molecule has 1 atom stereocenters. The summed E-state index contributed by atoms with van der Waals surface area (Å²) >= 11 is 0. The fourth-order valence-corrected chi connectivity index (χ4v) is 2.22. The molecule has 1 aromatic carbocycles. The van der Waals surface area contributed by atoms with E-state index in [1.54, 1.807) is 0 Å². The molecule has 2 nitrogen and oxygen atoms in total. The molecule has 1 aromatic rings. The second-order valence-corrected chi connectivity index (χ2v) is 4.50. The van der Waals surface area contributed by atoms with Crippen LogP contribution >= 0.6 is 0 Å². The second kappa shape index (κ2) is 4.23. The zero-order valence-electron chi connectivity index (χ0n) is 9.51. The molecular formula is C13H19NO. The molecule has 1 aliphatic heterocycles. The van der Waals surface area contributed by atoms with E-state index in [4.69, 9.17) is 0 Å². The van der Waals surface area contributed by atoms with Crippen molar-refractivity contribution in [2.75, 3.05) is 6.54 Å². The zero-order chi connectivity index (χ0) is 10.8. The van der Waals surface area contributed by atoms with E-state index >= 15 is 0 Å². The van der Waals surface area contributed by atoms with Crippen LogP contribution in [0.15, 0.2) is 12.1 Å². The van der Waals surface area contributed by atoms with Gasteiger partial charge in [0.2, 0.25) is 0 Å². The van der Waals surface area contributed by atoms with Crippen molar-refractivity contribution in [3.8, 4) is 5.75 Å². The van der Waals surface area contributed by atoms with Gasteiger partial charge < -0.3 is 10.4 Å². The standard InChI is InChI=1S/C13H19NO/c1-9-7-11(13(15)8-10(9)2)12-5-3-4-6-14-12/h7-8,12,14-15H,3-6H2,1-2H3. The molecule has 0 aromatic heterocycles. The number of hydrogen-bond donors (Lipinski definition) is 2. The number of phenols is 1. The van der Waals surface area contributed by atoms with Crippen LogP contribution in [0.2, 0.25) is 0 Å². The lowest BCUT2D eigenvalue weighted by molar-refractivity contribution is 0.390. The predicted octanol–water partition coefficient (Wildman–Crippen LogP) is 2.82. The summed E-state index contributed by atoms with van der Waals surface area (Å²) in [5.74, 6) is 0.442. The summed E-state index contributed by atoms with van der Waals surface area (Å²) in [5.41, 5.74) is 3.49. The number of piperidine rings is 1. The van der Waals surface area contributed by atoms with E-state index in [1.165, 1.54) is 18.4 Å². The minimum Gasteiger partial charge on any atom is -0.508 e. The van der Waals surface area contributed by atoms with Gasteiger partial charge in [-0.15, -0.1) is 0 Å². The molecule has 1 heterocycles. The van der Waals surface area contributed by atoms with Gasteiger partial charge in [-0.2, -0.15) is 0 Å². The van der Waals surface area contributed by atoms with E-state index in [2.05, 4.69) is 18.3 Å². The Morgan fingerprint density at radius 2 is 1.93 bits per heavy atom. The number of aryl methyl sites for hydroxylation is 2. The van der Waals surface area contributed by atoms with Crippen LogP contribution in [0.3, 0.4) is 0 Å². The van der Waals surface area contributed by atoms with Crippen molar-refractivity contribution in [3.63, 3.8) is 0 Å². The first-order chi connectivity index (χ1) is 7.18. The highest BCUT2D eigenvalue weighted by Crippen LogP contribution is 2.31. The van der Waals surface area contributed by atoms with Crippen LogP contribution in [-0.4, -0.2) is 11.7 Å². The number of rotatable bonds is 1. The highest BCUT2D eigenvalue weighted by molar-refractivity contribution is 5.42. The van der Waals surface area contributed by atoms with Crippen molar-refractivity contribution in [3.05, 3.63) is 28.8 Å². The molecule has 82 valence electrons. The van der Waals surface area contributed by atoms with Crippen LogP contribution in [-0.2, 0) is 0 Å². The Bertz CT molecular complexity index is 354. The summed E-state index contributed by atoms with van der Waals surface area (Å²) in [6.45, 7) is 5.20. The molecule has 1 unspecified atom stereocenters. The molecule has 1 fully saturated rings. The van der Waals surface area contributed by atoms with E-state index in [0.29, 0.717) is 11.8 Å². The SMILES string of the molecule is Cc1cc(O)c(C2CCCCN2)cc1C. The minimum atomic E-state index is 0.345. The van der Waals surface area contributed by atoms with Crippen molar-refractivity contribution in [2.24, 2.45) is 0 Å². The molecule has 0 spiro atoms. The summed E-state index contributed by atoms with van der Waals surface area (Å²) in [6.07, 6.45) is 3.64. The number of hydrogen-bond acceptors (Lipinski definition) is 2. The van der Waals surface area contributed by atoms with Crippen molar-refractivity contribution < 1.29 is 5.11 Å². The largest absolute Gasteiger partial charge is 0.508 e. The molecule has 0 radical (unpaired) electrons. The smallest absolute Gasteiger partial charge is 0.120 e. The lowest BCUT2D eigenvalue weighted by Crippen LogP contribution is -2.26. The number of aromatic hydroxyl groups is 1.